The summed E-state index contributed by atoms with van der Waals surface area (Å²) < 4.78 is 17.3. The van der Waals surface area contributed by atoms with Gasteiger partial charge < -0.3 is 45.7 Å². The molecular formula is C20H28N4O11. The average molecular weight is 500 g/mol. The second kappa shape index (κ2) is 11.1. The van der Waals surface area contributed by atoms with E-state index in [0.29, 0.717) is 13.0 Å². The van der Waals surface area contributed by atoms with Crippen LogP contribution in [0, 0.1) is 5.92 Å². The molecule has 1 saturated heterocycles. The van der Waals surface area contributed by atoms with Crippen molar-refractivity contribution in [2.24, 2.45) is 11.7 Å². The molecule has 2 aliphatic heterocycles. The predicted molar refractivity (Wildman–Crippen MR) is 114 cm³/mol. The minimum atomic E-state index is -1.77. The fourth-order valence-corrected chi connectivity index (χ4v) is 3.78. The fraction of sp³-hybridized carbons (Fsp3) is 0.600. The van der Waals surface area contributed by atoms with Crippen LogP contribution in [0.3, 0.4) is 0 Å². The highest BCUT2D eigenvalue weighted by atomic mass is 16.7. The number of nitrogens with one attached hydrogen (secondary N) is 2. The van der Waals surface area contributed by atoms with E-state index in [0.717, 1.165) is 22.9 Å². The number of carbonyl (C=O) groups excluding carboxylic acids is 2. The quantitative estimate of drug-likeness (QED) is 0.171. The number of primary amides is 1. The number of rotatable bonds is 9. The van der Waals surface area contributed by atoms with Gasteiger partial charge >= 0.3 is 5.69 Å². The van der Waals surface area contributed by atoms with E-state index >= 15 is 0 Å². The van der Waals surface area contributed by atoms with E-state index in [9.17, 15) is 39.6 Å². The SMILES string of the molecule is CCCNC(=O)C1=C[C@H](O)[C@H](O)[C@@H](O[C@@H](C(N)=O)[C@H]2O[C@@H](n3ccc(=O)[nH]c3=O)[C@H](O)[C@@H]2CO)O1. The highest BCUT2D eigenvalue weighted by Crippen LogP contribution is 2.36. The molecule has 1 fully saturated rings. The molecule has 194 valence electrons. The summed E-state index contributed by atoms with van der Waals surface area (Å²) in [6, 6.07) is 1.01. The van der Waals surface area contributed by atoms with Crippen molar-refractivity contribution in [3.63, 3.8) is 0 Å². The molecule has 3 rings (SSSR count). The Hall–Kier alpha value is -3.08. The Morgan fingerprint density at radius 3 is 2.60 bits per heavy atom. The van der Waals surface area contributed by atoms with Crippen molar-refractivity contribution in [3.8, 4) is 0 Å². The Balaban J connectivity index is 1.85. The topological polar surface area (TPSA) is 236 Å². The Kier molecular flexibility index (Phi) is 8.42. The van der Waals surface area contributed by atoms with Crippen LogP contribution in [-0.4, -0.2) is 91.8 Å². The summed E-state index contributed by atoms with van der Waals surface area (Å²) in [5, 5.41) is 43.5. The monoisotopic (exact) mass is 500 g/mol. The molecule has 0 bridgehead atoms. The number of hydrogen-bond donors (Lipinski definition) is 7. The summed E-state index contributed by atoms with van der Waals surface area (Å²) in [7, 11) is 0. The zero-order valence-corrected chi connectivity index (χ0v) is 18.6. The normalized spacial score (nSPS) is 31.3. The number of amides is 2. The zero-order chi connectivity index (χ0) is 25.9. The van der Waals surface area contributed by atoms with Gasteiger partial charge in [-0.15, -0.1) is 0 Å². The summed E-state index contributed by atoms with van der Waals surface area (Å²) >= 11 is 0. The lowest BCUT2D eigenvalue weighted by atomic mass is 9.94. The maximum atomic E-state index is 12.3. The van der Waals surface area contributed by atoms with Gasteiger partial charge in [0.25, 0.3) is 11.5 Å². The van der Waals surface area contributed by atoms with E-state index in [2.05, 4.69) is 5.32 Å². The van der Waals surface area contributed by atoms with Crippen molar-refractivity contribution < 1.29 is 44.2 Å². The van der Waals surface area contributed by atoms with Gasteiger partial charge in [-0.2, -0.15) is 0 Å². The van der Waals surface area contributed by atoms with Crippen LogP contribution in [-0.2, 0) is 23.8 Å². The van der Waals surface area contributed by atoms with Gasteiger partial charge in [-0.1, -0.05) is 6.92 Å². The van der Waals surface area contributed by atoms with Gasteiger partial charge in [-0.05, 0) is 12.5 Å². The molecule has 1 aromatic heterocycles. The number of carbonyl (C=O) groups is 2. The lowest BCUT2D eigenvalue weighted by Crippen LogP contribution is -2.53. The third-order valence-corrected chi connectivity index (χ3v) is 5.60. The molecule has 3 heterocycles. The van der Waals surface area contributed by atoms with Crippen molar-refractivity contribution in [1.29, 1.82) is 0 Å². The van der Waals surface area contributed by atoms with Crippen LogP contribution in [0.2, 0.25) is 0 Å². The highest BCUT2D eigenvalue weighted by molar-refractivity contribution is 5.91. The Labute approximate surface area is 197 Å². The number of aromatic nitrogens is 2. The number of aromatic amines is 1. The number of hydrogen-bond acceptors (Lipinski definition) is 11. The van der Waals surface area contributed by atoms with Crippen molar-refractivity contribution in [3.05, 3.63) is 44.9 Å². The third kappa shape index (κ3) is 5.61. The Morgan fingerprint density at radius 2 is 2.00 bits per heavy atom. The number of aliphatic hydroxyl groups excluding tert-OH is 4. The largest absolute Gasteiger partial charge is 0.456 e. The van der Waals surface area contributed by atoms with Gasteiger partial charge in [0.1, 0.15) is 24.4 Å². The van der Waals surface area contributed by atoms with E-state index in [1.165, 1.54) is 0 Å². The minimum Gasteiger partial charge on any atom is -0.456 e. The molecule has 2 amide bonds. The molecule has 0 unspecified atom stereocenters. The molecule has 0 aliphatic carbocycles. The number of nitrogens with zero attached hydrogens (tertiary/aromatic N) is 1. The van der Waals surface area contributed by atoms with E-state index in [4.69, 9.17) is 19.9 Å². The number of ether oxygens (including phenoxy) is 3. The number of aliphatic hydroxyl groups is 4. The van der Waals surface area contributed by atoms with Crippen LogP contribution in [0.5, 0.6) is 0 Å². The first-order valence-corrected chi connectivity index (χ1v) is 10.8. The standard InChI is InChI=1S/C20H28N4O11/c1-2-4-22-17(31)10-6-9(26)13(29)19(33-10)35-15(16(21)30)14-8(7-25)12(28)18(34-14)24-5-3-11(27)23-20(24)32/h3,5-6,8-9,12-15,18-19,25-26,28-29H,2,4,7H2,1H3,(H2,21,30)(H,22,31)(H,23,27,32)/t8-,9-,12+,13-,14-,15+,18+,19+/m0/s1. The van der Waals surface area contributed by atoms with Crippen molar-refractivity contribution in [2.45, 2.75) is 56.4 Å². The summed E-state index contributed by atoms with van der Waals surface area (Å²) in [6.07, 6.45) is -8.65. The molecule has 1 aromatic rings. The molecule has 0 spiro atoms. The van der Waals surface area contributed by atoms with Crippen molar-refractivity contribution in [1.82, 2.24) is 14.9 Å². The molecule has 0 radical (unpaired) electrons. The van der Waals surface area contributed by atoms with Crippen molar-refractivity contribution >= 4 is 11.8 Å². The maximum Gasteiger partial charge on any atom is 0.330 e. The Morgan fingerprint density at radius 1 is 1.29 bits per heavy atom. The summed E-state index contributed by atoms with van der Waals surface area (Å²) in [6.45, 7) is 1.40. The first kappa shape index (κ1) is 26.5. The minimum absolute atomic E-state index is 0.311. The first-order chi connectivity index (χ1) is 16.6. The molecular weight excluding hydrogens is 472 g/mol. The molecule has 8 atom stereocenters. The molecule has 8 N–H and O–H groups in total. The number of H-pyrrole nitrogens is 1. The third-order valence-electron chi connectivity index (χ3n) is 5.60. The van der Waals surface area contributed by atoms with Gasteiger partial charge in [0, 0.05) is 24.7 Å². The smallest absolute Gasteiger partial charge is 0.330 e. The molecule has 35 heavy (non-hydrogen) atoms. The lowest BCUT2D eigenvalue weighted by molar-refractivity contribution is -0.239. The van der Waals surface area contributed by atoms with Gasteiger partial charge in [0.2, 0.25) is 12.2 Å². The van der Waals surface area contributed by atoms with Gasteiger partial charge in [0.15, 0.2) is 18.1 Å². The van der Waals surface area contributed by atoms with Crippen LogP contribution in [0.25, 0.3) is 0 Å². The highest BCUT2D eigenvalue weighted by Gasteiger charge is 2.51. The van der Waals surface area contributed by atoms with Crippen LogP contribution in [0.15, 0.2) is 33.7 Å². The summed E-state index contributed by atoms with van der Waals surface area (Å²) in [4.78, 5) is 50.0. The van der Waals surface area contributed by atoms with E-state index < -0.39 is 78.6 Å². The molecule has 15 nitrogen and oxygen atoms in total. The van der Waals surface area contributed by atoms with Crippen molar-refractivity contribution in [2.75, 3.05) is 13.2 Å². The molecule has 0 aromatic carbocycles. The average Bonchev–Trinajstić information content (AvgIpc) is 3.13. The Bertz CT molecular complexity index is 1070. The van der Waals surface area contributed by atoms with Crippen LogP contribution < -0.4 is 22.3 Å². The van der Waals surface area contributed by atoms with Crippen LogP contribution in [0.4, 0.5) is 0 Å². The molecule has 0 saturated carbocycles. The van der Waals surface area contributed by atoms with Crippen LogP contribution in [0.1, 0.15) is 19.6 Å². The van der Waals surface area contributed by atoms with Gasteiger partial charge in [-0.25, -0.2) is 4.79 Å². The summed E-state index contributed by atoms with van der Waals surface area (Å²) in [5.74, 6) is -3.41. The number of nitrogens with two attached hydrogens (primary N) is 1. The summed E-state index contributed by atoms with van der Waals surface area (Å²) in [5.41, 5.74) is 3.84. The predicted octanol–water partition coefficient (Wildman–Crippen LogP) is -4.24. The van der Waals surface area contributed by atoms with E-state index in [1.54, 1.807) is 0 Å². The lowest BCUT2D eigenvalue weighted by Gasteiger charge is -2.35. The zero-order valence-electron chi connectivity index (χ0n) is 18.6. The van der Waals surface area contributed by atoms with Crippen LogP contribution >= 0.6 is 0 Å². The second-order valence-electron chi connectivity index (χ2n) is 8.06. The molecule has 2 aliphatic rings. The van der Waals surface area contributed by atoms with E-state index in [1.807, 2.05) is 11.9 Å². The van der Waals surface area contributed by atoms with Gasteiger partial charge in [-0.3, -0.25) is 23.9 Å². The second-order valence-corrected chi connectivity index (χ2v) is 8.06. The maximum absolute atomic E-state index is 12.3. The fourth-order valence-electron chi connectivity index (χ4n) is 3.78. The first-order valence-electron chi connectivity index (χ1n) is 10.8. The van der Waals surface area contributed by atoms with Gasteiger partial charge in [0.05, 0.1) is 6.61 Å². The molecule has 15 heteroatoms. The van der Waals surface area contributed by atoms with E-state index in [-0.39, 0.29) is 5.76 Å².